The fourth-order valence-corrected chi connectivity index (χ4v) is 2.96. The van der Waals surface area contributed by atoms with Gasteiger partial charge in [-0.15, -0.1) is 0 Å². The van der Waals surface area contributed by atoms with Gasteiger partial charge in [0.15, 0.2) is 5.78 Å². The van der Waals surface area contributed by atoms with Crippen LogP contribution in [0.3, 0.4) is 0 Å². The normalized spacial score (nSPS) is 10.4. The van der Waals surface area contributed by atoms with Crippen LogP contribution in [-0.4, -0.2) is 24.1 Å². The van der Waals surface area contributed by atoms with E-state index in [0.717, 1.165) is 23.2 Å². The lowest BCUT2D eigenvalue weighted by Gasteiger charge is -2.21. The van der Waals surface area contributed by atoms with Gasteiger partial charge in [-0.25, -0.2) is 0 Å². The average molecular weight is 366 g/mol. The van der Waals surface area contributed by atoms with E-state index in [2.05, 4.69) is 5.32 Å². The second-order valence-corrected chi connectivity index (χ2v) is 6.53. The highest BCUT2D eigenvalue weighted by Gasteiger charge is 2.15. The maximum Gasteiger partial charge on any atom is 0.226 e. The van der Waals surface area contributed by atoms with Crippen molar-refractivity contribution >= 4 is 29.0 Å². The topological polar surface area (TPSA) is 66.5 Å². The molecule has 0 radical (unpaired) electrons. The summed E-state index contributed by atoms with van der Waals surface area (Å²) >= 11 is 0. The quantitative estimate of drug-likeness (QED) is 0.749. The number of ketones is 1. The third-order valence-electron chi connectivity index (χ3n) is 4.53. The van der Waals surface area contributed by atoms with Crippen molar-refractivity contribution in [1.29, 1.82) is 0 Å². The van der Waals surface area contributed by atoms with Crippen molar-refractivity contribution in [3.8, 4) is 0 Å². The van der Waals surface area contributed by atoms with E-state index in [4.69, 9.17) is 0 Å². The molecule has 0 aliphatic carbocycles. The Balaban J connectivity index is 2.07. The molecule has 2 aromatic rings. The summed E-state index contributed by atoms with van der Waals surface area (Å²) in [6, 6.07) is 12.8. The molecule has 2 aromatic carbocycles. The van der Waals surface area contributed by atoms with E-state index in [1.807, 2.05) is 32.0 Å². The highest BCUT2D eigenvalue weighted by molar-refractivity contribution is 5.97. The van der Waals surface area contributed by atoms with Crippen LogP contribution in [0.1, 0.15) is 48.7 Å². The fourth-order valence-electron chi connectivity index (χ4n) is 2.96. The van der Waals surface area contributed by atoms with Gasteiger partial charge in [-0.1, -0.05) is 25.1 Å². The lowest BCUT2D eigenvalue weighted by Crippen LogP contribution is -2.32. The van der Waals surface area contributed by atoms with Gasteiger partial charge in [0.1, 0.15) is 0 Å². The largest absolute Gasteiger partial charge is 0.326 e. The van der Waals surface area contributed by atoms with Crippen LogP contribution in [0.5, 0.6) is 0 Å². The molecule has 0 saturated carbocycles. The van der Waals surface area contributed by atoms with Crippen molar-refractivity contribution in [3.63, 3.8) is 0 Å². The molecule has 0 fully saturated rings. The molecular weight excluding hydrogens is 340 g/mol. The molecule has 27 heavy (non-hydrogen) atoms. The molecule has 0 spiro atoms. The molecule has 0 atom stereocenters. The first-order chi connectivity index (χ1) is 12.8. The zero-order valence-electron chi connectivity index (χ0n) is 16.3. The summed E-state index contributed by atoms with van der Waals surface area (Å²) in [5.41, 5.74) is 4.22. The van der Waals surface area contributed by atoms with Crippen LogP contribution in [0.4, 0.5) is 11.4 Å². The highest BCUT2D eigenvalue weighted by atomic mass is 16.2. The zero-order valence-corrected chi connectivity index (χ0v) is 16.3. The summed E-state index contributed by atoms with van der Waals surface area (Å²) in [5.74, 6) is -0.311. The number of benzene rings is 2. The number of hydrogen-bond donors (Lipinski definition) is 1. The standard InChI is InChI=1S/C22H26N2O3/c1-5-18-8-6-7-15(2)22(18)23-21(27)13-14-24(17(4)26)20-11-9-19(10-12-20)16(3)25/h6-12H,5,13-14H2,1-4H3,(H,23,27). The lowest BCUT2D eigenvalue weighted by atomic mass is 10.1. The van der Waals surface area contributed by atoms with E-state index in [0.29, 0.717) is 11.3 Å². The Kier molecular flexibility index (Phi) is 6.88. The predicted molar refractivity (Wildman–Crippen MR) is 108 cm³/mol. The van der Waals surface area contributed by atoms with Gasteiger partial charge in [-0.3, -0.25) is 14.4 Å². The van der Waals surface area contributed by atoms with E-state index in [1.54, 1.807) is 29.2 Å². The number of carbonyl (C=O) groups excluding carboxylic acids is 3. The number of rotatable bonds is 7. The van der Waals surface area contributed by atoms with Gasteiger partial charge in [0.2, 0.25) is 11.8 Å². The summed E-state index contributed by atoms with van der Waals surface area (Å²) in [5, 5.41) is 2.98. The van der Waals surface area contributed by atoms with Gasteiger partial charge < -0.3 is 10.2 Å². The maximum absolute atomic E-state index is 12.4. The van der Waals surface area contributed by atoms with E-state index >= 15 is 0 Å². The zero-order chi connectivity index (χ0) is 20.0. The molecule has 2 rings (SSSR count). The summed E-state index contributed by atoms with van der Waals surface area (Å²) in [4.78, 5) is 37.4. The Hall–Kier alpha value is -2.95. The predicted octanol–water partition coefficient (Wildman–Crippen LogP) is 4.14. The molecule has 0 aromatic heterocycles. The first-order valence-corrected chi connectivity index (χ1v) is 9.11. The van der Waals surface area contributed by atoms with Crippen LogP contribution >= 0.6 is 0 Å². The number of aryl methyl sites for hydroxylation is 2. The number of amides is 2. The van der Waals surface area contributed by atoms with Crippen LogP contribution in [0.2, 0.25) is 0 Å². The minimum atomic E-state index is -0.150. The second-order valence-electron chi connectivity index (χ2n) is 6.53. The molecule has 0 heterocycles. The average Bonchev–Trinajstić information content (AvgIpc) is 2.63. The van der Waals surface area contributed by atoms with E-state index in [9.17, 15) is 14.4 Å². The molecule has 0 aliphatic rings. The van der Waals surface area contributed by atoms with Crippen LogP contribution in [0, 0.1) is 6.92 Å². The van der Waals surface area contributed by atoms with Gasteiger partial charge >= 0.3 is 0 Å². The number of carbonyl (C=O) groups is 3. The van der Waals surface area contributed by atoms with Crippen molar-refractivity contribution < 1.29 is 14.4 Å². The first kappa shape index (κ1) is 20.4. The molecular formula is C22H26N2O3. The van der Waals surface area contributed by atoms with Gasteiger partial charge in [-0.2, -0.15) is 0 Å². The maximum atomic E-state index is 12.4. The molecule has 0 bridgehead atoms. The van der Waals surface area contributed by atoms with Crippen LogP contribution < -0.4 is 10.2 Å². The van der Waals surface area contributed by atoms with Crippen molar-refractivity contribution in [2.24, 2.45) is 0 Å². The molecule has 5 heteroatoms. The molecule has 0 unspecified atom stereocenters. The lowest BCUT2D eigenvalue weighted by molar-refractivity contribution is -0.117. The second kappa shape index (κ2) is 9.12. The number of hydrogen-bond acceptors (Lipinski definition) is 3. The minimum Gasteiger partial charge on any atom is -0.326 e. The number of nitrogens with one attached hydrogen (secondary N) is 1. The Bertz CT molecular complexity index is 841. The van der Waals surface area contributed by atoms with Crippen molar-refractivity contribution in [2.75, 3.05) is 16.8 Å². The van der Waals surface area contributed by atoms with Crippen LogP contribution in [-0.2, 0) is 16.0 Å². The Morgan fingerprint density at radius 3 is 2.22 bits per heavy atom. The summed E-state index contributed by atoms with van der Waals surface area (Å²) in [6.45, 7) is 7.25. The van der Waals surface area contributed by atoms with Crippen molar-refractivity contribution in [1.82, 2.24) is 0 Å². The molecule has 1 N–H and O–H groups in total. The third kappa shape index (κ3) is 5.26. The summed E-state index contributed by atoms with van der Waals surface area (Å²) in [6.07, 6.45) is 1.02. The molecule has 2 amide bonds. The van der Waals surface area contributed by atoms with Crippen LogP contribution in [0.15, 0.2) is 42.5 Å². The van der Waals surface area contributed by atoms with E-state index < -0.39 is 0 Å². The fraction of sp³-hybridized carbons (Fsp3) is 0.318. The Labute approximate surface area is 160 Å². The van der Waals surface area contributed by atoms with Crippen molar-refractivity contribution in [3.05, 3.63) is 59.2 Å². The molecule has 142 valence electrons. The summed E-state index contributed by atoms with van der Waals surface area (Å²) in [7, 11) is 0. The van der Waals surface area contributed by atoms with Crippen molar-refractivity contribution in [2.45, 2.75) is 40.5 Å². The number of para-hydroxylation sites is 1. The smallest absolute Gasteiger partial charge is 0.226 e. The number of anilines is 2. The van der Waals surface area contributed by atoms with Crippen LogP contribution in [0.25, 0.3) is 0 Å². The molecule has 0 saturated heterocycles. The number of Topliss-reactive ketones (excluding diaryl/α,β-unsaturated/α-hetero) is 1. The van der Waals surface area contributed by atoms with Gasteiger partial charge in [-0.05, 0) is 55.7 Å². The summed E-state index contributed by atoms with van der Waals surface area (Å²) < 4.78 is 0. The van der Waals surface area contributed by atoms with E-state index in [-0.39, 0.29) is 30.6 Å². The highest BCUT2D eigenvalue weighted by Crippen LogP contribution is 2.22. The Morgan fingerprint density at radius 2 is 1.67 bits per heavy atom. The Morgan fingerprint density at radius 1 is 1.00 bits per heavy atom. The molecule has 0 aliphatic heterocycles. The molecule has 5 nitrogen and oxygen atoms in total. The van der Waals surface area contributed by atoms with Gasteiger partial charge in [0.05, 0.1) is 0 Å². The van der Waals surface area contributed by atoms with Gasteiger partial charge in [0.25, 0.3) is 0 Å². The minimum absolute atomic E-state index is 0.0275. The first-order valence-electron chi connectivity index (χ1n) is 9.11. The monoisotopic (exact) mass is 366 g/mol. The SMILES string of the molecule is CCc1cccc(C)c1NC(=O)CCN(C(C)=O)c1ccc(C(C)=O)cc1. The van der Waals surface area contributed by atoms with E-state index in [1.165, 1.54) is 13.8 Å². The number of nitrogens with zero attached hydrogens (tertiary/aromatic N) is 1. The third-order valence-corrected chi connectivity index (χ3v) is 4.53. The van der Waals surface area contributed by atoms with Gasteiger partial charge in [0, 0.05) is 36.8 Å².